The molecule has 0 radical (unpaired) electrons. The first-order valence-electron chi connectivity index (χ1n) is 7.76. The average molecular weight is 335 g/mol. The fourth-order valence-electron chi connectivity index (χ4n) is 3.03. The molecular weight excluding hydrogens is 322 g/mol. The van der Waals surface area contributed by atoms with Gasteiger partial charge in [-0.05, 0) is 42.0 Å². The van der Waals surface area contributed by atoms with Crippen molar-refractivity contribution < 1.29 is 18.7 Å². The molecule has 0 atom stereocenters. The first-order chi connectivity index (χ1) is 12.1. The first kappa shape index (κ1) is 15.1. The summed E-state index contributed by atoms with van der Waals surface area (Å²) in [4.78, 5) is 36.2. The molecule has 2 heterocycles. The van der Waals surface area contributed by atoms with Gasteiger partial charge in [-0.2, -0.15) is 0 Å². The van der Waals surface area contributed by atoms with Crippen LogP contribution in [0, 0.1) is 0 Å². The summed E-state index contributed by atoms with van der Waals surface area (Å²) < 4.78 is 12.2. The number of ketones is 1. The number of pyridine rings is 1. The van der Waals surface area contributed by atoms with Crippen LogP contribution in [0.1, 0.15) is 17.3 Å². The van der Waals surface area contributed by atoms with Gasteiger partial charge in [0.25, 0.3) is 5.78 Å². The largest absolute Gasteiger partial charge is 0.461 e. The number of esters is 1. The molecule has 0 unspecified atom stereocenters. The molecule has 0 amide bonds. The van der Waals surface area contributed by atoms with E-state index in [9.17, 15) is 14.4 Å². The summed E-state index contributed by atoms with van der Waals surface area (Å²) >= 11 is 0. The predicted octanol–water partition coefficient (Wildman–Crippen LogP) is 2.94. The number of ether oxygens (including phenoxy) is 1. The Morgan fingerprint density at radius 2 is 2.00 bits per heavy atom. The fourth-order valence-corrected chi connectivity index (χ4v) is 3.03. The summed E-state index contributed by atoms with van der Waals surface area (Å²) in [5.74, 6) is -1.97. The van der Waals surface area contributed by atoms with Crippen molar-refractivity contribution in [3.8, 4) is 0 Å². The van der Waals surface area contributed by atoms with E-state index in [2.05, 4.69) is 0 Å². The number of benzene rings is 2. The van der Waals surface area contributed by atoms with Crippen molar-refractivity contribution in [2.75, 3.05) is 6.61 Å². The van der Waals surface area contributed by atoms with E-state index in [1.165, 1.54) is 12.1 Å². The fraction of sp³-hybridized carbons (Fsp3) is 0.105. The van der Waals surface area contributed by atoms with Crippen LogP contribution in [0.2, 0.25) is 0 Å². The van der Waals surface area contributed by atoms with E-state index in [-0.39, 0.29) is 12.2 Å². The molecule has 0 fully saturated rings. The Bertz CT molecular complexity index is 1210. The van der Waals surface area contributed by atoms with E-state index in [4.69, 9.17) is 9.15 Å². The zero-order chi connectivity index (χ0) is 17.6. The van der Waals surface area contributed by atoms with E-state index in [1.54, 1.807) is 25.5 Å². The number of aromatic nitrogens is 1. The highest BCUT2D eigenvalue weighted by Gasteiger charge is 2.21. The van der Waals surface area contributed by atoms with Crippen LogP contribution in [0.4, 0.5) is 0 Å². The molecule has 6 nitrogen and oxygen atoms in total. The molecule has 2 aromatic carbocycles. The van der Waals surface area contributed by atoms with Gasteiger partial charge in [0, 0.05) is 17.8 Å². The molecule has 0 aliphatic carbocycles. The molecule has 0 aliphatic heterocycles. The number of rotatable bonds is 3. The second-order valence-corrected chi connectivity index (χ2v) is 5.57. The third-order valence-electron chi connectivity index (χ3n) is 4.11. The maximum Gasteiger partial charge on any atom is 0.379 e. The van der Waals surface area contributed by atoms with Crippen LogP contribution in [-0.2, 0) is 9.53 Å². The second kappa shape index (κ2) is 5.59. The van der Waals surface area contributed by atoms with E-state index in [0.717, 1.165) is 10.9 Å². The lowest BCUT2D eigenvalue weighted by atomic mass is 10.00. The lowest BCUT2D eigenvalue weighted by Crippen LogP contribution is -2.23. The van der Waals surface area contributed by atoms with Gasteiger partial charge in [-0.3, -0.25) is 9.59 Å². The van der Waals surface area contributed by atoms with Gasteiger partial charge in [0.15, 0.2) is 11.0 Å². The van der Waals surface area contributed by atoms with Crippen molar-refractivity contribution in [2.24, 2.45) is 0 Å². The van der Waals surface area contributed by atoms with Crippen LogP contribution in [0.5, 0.6) is 0 Å². The van der Waals surface area contributed by atoms with Crippen LogP contribution in [-0.4, -0.2) is 22.8 Å². The van der Waals surface area contributed by atoms with Gasteiger partial charge < -0.3 is 13.6 Å². The monoisotopic (exact) mass is 335 g/mol. The van der Waals surface area contributed by atoms with Crippen LogP contribution in [0.15, 0.2) is 58.2 Å². The minimum absolute atomic E-state index is 0.0707. The molecule has 4 aromatic rings. The van der Waals surface area contributed by atoms with Gasteiger partial charge in [0.1, 0.15) is 6.26 Å². The van der Waals surface area contributed by atoms with Crippen molar-refractivity contribution in [1.29, 1.82) is 0 Å². The van der Waals surface area contributed by atoms with Crippen LogP contribution >= 0.6 is 0 Å². The summed E-state index contributed by atoms with van der Waals surface area (Å²) in [6, 6.07) is 8.30. The molecule has 0 saturated heterocycles. The summed E-state index contributed by atoms with van der Waals surface area (Å²) in [6.45, 7) is 1.67. The third kappa shape index (κ3) is 2.30. The smallest absolute Gasteiger partial charge is 0.379 e. The summed E-state index contributed by atoms with van der Waals surface area (Å²) in [5, 5.41) is 2.16. The Balaban J connectivity index is 2.04. The zero-order valence-corrected chi connectivity index (χ0v) is 13.3. The number of fused-ring (bicyclic) bond motifs is 2. The van der Waals surface area contributed by atoms with Crippen molar-refractivity contribution in [3.63, 3.8) is 0 Å². The predicted molar refractivity (Wildman–Crippen MR) is 91.9 cm³/mol. The highest BCUT2D eigenvalue weighted by Crippen LogP contribution is 2.29. The molecule has 2 aromatic heterocycles. The van der Waals surface area contributed by atoms with Crippen LogP contribution < -0.4 is 5.43 Å². The number of hydrogen-bond acceptors (Lipinski definition) is 5. The van der Waals surface area contributed by atoms with E-state index >= 15 is 0 Å². The minimum Gasteiger partial charge on any atom is -0.461 e. The van der Waals surface area contributed by atoms with Gasteiger partial charge in [-0.15, -0.1) is 0 Å². The summed E-state index contributed by atoms with van der Waals surface area (Å²) in [6.07, 6.45) is 5.21. The van der Waals surface area contributed by atoms with Gasteiger partial charge in [-0.1, -0.05) is 6.07 Å². The maximum atomic E-state index is 12.4. The molecule has 0 saturated carbocycles. The van der Waals surface area contributed by atoms with Crippen molar-refractivity contribution >= 4 is 39.0 Å². The normalized spacial score (nSPS) is 11.2. The second-order valence-electron chi connectivity index (χ2n) is 5.57. The van der Waals surface area contributed by atoms with Gasteiger partial charge >= 0.3 is 5.97 Å². The number of hydrogen-bond donors (Lipinski definition) is 0. The Kier molecular flexibility index (Phi) is 3.39. The quantitative estimate of drug-likeness (QED) is 0.189. The Morgan fingerprint density at radius 1 is 1.16 bits per heavy atom. The van der Waals surface area contributed by atoms with Crippen molar-refractivity contribution in [1.82, 2.24) is 4.40 Å². The molecular formula is C19H13NO5. The maximum absolute atomic E-state index is 12.4. The molecule has 4 rings (SSSR count). The SMILES string of the molecule is CCOC(=O)C(=O)c1cc2cc3occn4cccc(c2cc1=O)c34. The average Bonchev–Trinajstić information content (AvgIpc) is 2.62. The zero-order valence-electron chi connectivity index (χ0n) is 13.3. The third-order valence-corrected chi connectivity index (χ3v) is 4.11. The molecule has 0 spiro atoms. The van der Waals surface area contributed by atoms with Crippen molar-refractivity contribution in [3.05, 3.63) is 64.8 Å². The summed E-state index contributed by atoms with van der Waals surface area (Å²) in [5.41, 5.74) is 0.733. The summed E-state index contributed by atoms with van der Waals surface area (Å²) in [7, 11) is 0. The van der Waals surface area contributed by atoms with Crippen molar-refractivity contribution in [2.45, 2.75) is 6.92 Å². The van der Waals surface area contributed by atoms with E-state index < -0.39 is 17.2 Å². The van der Waals surface area contributed by atoms with Crippen LogP contribution in [0.3, 0.4) is 0 Å². The minimum atomic E-state index is -1.03. The van der Waals surface area contributed by atoms with E-state index in [0.29, 0.717) is 16.4 Å². The Morgan fingerprint density at radius 3 is 2.80 bits per heavy atom. The first-order valence-corrected chi connectivity index (χ1v) is 7.76. The molecule has 124 valence electrons. The number of carbonyl (C=O) groups excluding carboxylic acids is 2. The van der Waals surface area contributed by atoms with Gasteiger partial charge in [0.2, 0.25) is 0 Å². The van der Waals surface area contributed by atoms with E-state index in [1.807, 2.05) is 22.7 Å². The topological polar surface area (TPSA) is 78.0 Å². The standard InChI is InChI=1S/C19H13NO5/c1-2-24-19(23)18(22)14-8-11-9-16-17-12(13(11)10-15(14)21)4-3-5-20(17)6-7-25-16/h3-10H,2H2,1H3. The Labute approximate surface area is 141 Å². The number of Topliss-reactive ketones (excluding diaryl/α,β-unsaturated/α-hetero) is 1. The molecule has 0 aliphatic rings. The van der Waals surface area contributed by atoms with Gasteiger partial charge in [-0.25, -0.2) is 4.79 Å². The molecule has 0 N–H and O–H groups in total. The van der Waals surface area contributed by atoms with Crippen LogP contribution in [0.25, 0.3) is 27.3 Å². The highest BCUT2D eigenvalue weighted by molar-refractivity contribution is 6.41. The van der Waals surface area contributed by atoms with Gasteiger partial charge in [0.05, 0.1) is 17.7 Å². The lowest BCUT2D eigenvalue weighted by Gasteiger charge is -2.10. The lowest BCUT2D eigenvalue weighted by molar-refractivity contribution is -0.137. The molecule has 25 heavy (non-hydrogen) atoms. The number of carbonyl (C=O) groups is 2. The molecule has 6 heteroatoms. The number of nitrogens with zero attached hydrogens (tertiary/aromatic N) is 1. The Hall–Kier alpha value is -3.41. The highest BCUT2D eigenvalue weighted by atomic mass is 16.5. The molecule has 0 bridgehead atoms.